The third kappa shape index (κ3) is 27.7. The average Bonchev–Trinajstić information content (AvgIpc) is 2.90. The van der Waals surface area contributed by atoms with E-state index in [0.717, 1.165) is 5.25 Å². The predicted octanol–water partition coefficient (Wildman–Crippen LogP) is 13.7. The Bertz CT molecular complexity index is 386. The fraction of sp³-hybridized carbons (Fsp3) is 1.00. The Kier molecular flexibility index (Phi) is 32.9. The molecule has 0 rings (SSSR count). The average molecular weight is 541 g/mol. The monoisotopic (exact) mass is 541 g/mol. The fourth-order valence-corrected chi connectivity index (χ4v) is 9.38. The molecule has 226 valence electrons. The minimum absolute atomic E-state index is 0.297. The van der Waals surface area contributed by atoms with E-state index in [9.17, 15) is 0 Å². The molecule has 1 heteroatoms. The minimum Gasteiger partial charge on any atom is -0.251 e. The lowest BCUT2D eigenvalue weighted by molar-refractivity contribution is 0.517. The van der Waals surface area contributed by atoms with Crippen LogP contribution >= 0.6 is 10.9 Å². The number of hydrogen-bond donors (Lipinski definition) is 1. The van der Waals surface area contributed by atoms with Crippen molar-refractivity contribution < 1.29 is 0 Å². The molecule has 0 spiro atoms. The van der Waals surface area contributed by atoms with Crippen LogP contribution in [0.5, 0.6) is 0 Å². The Morgan fingerprint density at radius 2 is 0.541 bits per heavy atom. The number of thiol groups is 1. The first-order valence-electron chi connectivity index (χ1n) is 18.0. The molecule has 0 aromatic rings. The molecule has 0 fully saturated rings. The molecule has 0 bridgehead atoms. The van der Waals surface area contributed by atoms with Crippen molar-refractivity contribution in [3.05, 3.63) is 0 Å². The van der Waals surface area contributed by atoms with E-state index in [1.165, 1.54) is 173 Å². The van der Waals surface area contributed by atoms with Crippen LogP contribution in [0.2, 0.25) is 0 Å². The van der Waals surface area contributed by atoms with E-state index in [0.29, 0.717) is 10.9 Å². The van der Waals surface area contributed by atoms with Crippen LogP contribution in [0, 0.1) is 0 Å². The summed E-state index contributed by atoms with van der Waals surface area (Å²) in [6.45, 7) is 9.49. The van der Waals surface area contributed by atoms with Crippen molar-refractivity contribution in [2.75, 3.05) is 11.5 Å². The molecule has 1 atom stereocenters. The van der Waals surface area contributed by atoms with Gasteiger partial charge in [-0.15, -0.1) is 0 Å². The maximum absolute atomic E-state index is 2.43. The molecular weight excluding hydrogens is 464 g/mol. The van der Waals surface area contributed by atoms with Crippen LogP contribution in [-0.4, -0.2) is 16.8 Å². The molecule has 0 saturated carbocycles. The van der Waals surface area contributed by atoms with Crippen LogP contribution in [0.25, 0.3) is 0 Å². The third-order valence-corrected chi connectivity index (χ3v) is 12.2. The van der Waals surface area contributed by atoms with Crippen molar-refractivity contribution in [1.82, 2.24) is 0 Å². The lowest BCUT2D eigenvalue weighted by Gasteiger charge is -2.31. The van der Waals surface area contributed by atoms with Crippen LogP contribution < -0.4 is 0 Å². The van der Waals surface area contributed by atoms with Crippen molar-refractivity contribution >= 4 is 10.9 Å². The topological polar surface area (TPSA) is 0 Å². The lowest BCUT2D eigenvalue weighted by atomic mass is 10.0. The Labute approximate surface area is 241 Å². The largest absolute Gasteiger partial charge is 0.251 e. The van der Waals surface area contributed by atoms with Crippen molar-refractivity contribution in [1.29, 1.82) is 0 Å². The Morgan fingerprint density at radius 3 is 0.784 bits per heavy atom. The van der Waals surface area contributed by atoms with Crippen molar-refractivity contribution in [2.24, 2.45) is 0 Å². The lowest BCUT2D eigenvalue weighted by Crippen LogP contribution is -2.13. The number of rotatable bonds is 32. The zero-order valence-electron chi connectivity index (χ0n) is 26.9. The summed E-state index contributed by atoms with van der Waals surface area (Å²) in [6.07, 6.45) is 42.9. The zero-order chi connectivity index (χ0) is 27.1. The summed E-state index contributed by atoms with van der Waals surface area (Å²) >= 11 is 0. The molecule has 0 heterocycles. The van der Waals surface area contributed by atoms with Crippen LogP contribution in [-0.2, 0) is 0 Å². The highest BCUT2D eigenvalue weighted by atomic mass is 32.2. The van der Waals surface area contributed by atoms with E-state index in [4.69, 9.17) is 0 Å². The Morgan fingerprint density at radius 1 is 0.297 bits per heavy atom. The van der Waals surface area contributed by atoms with Crippen LogP contribution in [0.1, 0.15) is 214 Å². The fourth-order valence-electron chi connectivity index (χ4n) is 6.18. The highest BCUT2D eigenvalue weighted by Crippen LogP contribution is 2.39. The molecule has 0 nitrogen and oxygen atoms in total. The Hall–Kier alpha value is 0.350. The maximum atomic E-state index is 2.43. The molecule has 0 radical (unpaired) electrons. The summed E-state index contributed by atoms with van der Waals surface area (Å²) in [7, 11) is 0.297. The summed E-state index contributed by atoms with van der Waals surface area (Å²) < 4.78 is 0. The van der Waals surface area contributed by atoms with Gasteiger partial charge in [0.25, 0.3) is 0 Å². The van der Waals surface area contributed by atoms with Gasteiger partial charge in [-0.2, -0.15) is 0 Å². The second-order valence-corrected chi connectivity index (χ2v) is 15.2. The molecule has 0 N–H and O–H groups in total. The van der Waals surface area contributed by atoms with Crippen molar-refractivity contribution in [2.45, 2.75) is 219 Å². The first-order valence-corrected chi connectivity index (χ1v) is 19.8. The number of hydrogen-bond acceptors (Lipinski definition) is 0. The van der Waals surface area contributed by atoms with Crippen molar-refractivity contribution in [3.63, 3.8) is 0 Å². The van der Waals surface area contributed by atoms with Gasteiger partial charge in [-0.3, -0.25) is 10.9 Å². The van der Waals surface area contributed by atoms with Gasteiger partial charge >= 0.3 is 0 Å². The van der Waals surface area contributed by atoms with E-state index in [-0.39, 0.29) is 0 Å². The molecule has 0 saturated heterocycles. The standard InChI is InChI=1S/C36H76S/c1-5-9-11-13-15-17-19-20-21-22-23-25-27-29-31-33-36(37(34-7-3)35-8-4)32-30-28-26-24-18-16-14-12-10-6-2/h36-37H,5-35H2,1-4H3. The van der Waals surface area contributed by atoms with Gasteiger partial charge in [-0.05, 0) is 42.4 Å². The highest BCUT2D eigenvalue weighted by Gasteiger charge is 2.16. The Balaban J connectivity index is 3.84. The first kappa shape index (κ1) is 37.4. The van der Waals surface area contributed by atoms with Gasteiger partial charge in [0.05, 0.1) is 0 Å². The molecule has 37 heavy (non-hydrogen) atoms. The first-order chi connectivity index (χ1) is 18.3. The van der Waals surface area contributed by atoms with Gasteiger partial charge in [0.15, 0.2) is 0 Å². The summed E-state index contributed by atoms with van der Waals surface area (Å²) in [5.74, 6) is 3.09. The van der Waals surface area contributed by atoms with Crippen LogP contribution in [0.3, 0.4) is 0 Å². The van der Waals surface area contributed by atoms with Crippen molar-refractivity contribution in [3.8, 4) is 0 Å². The second kappa shape index (κ2) is 32.6. The van der Waals surface area contributed by atoms with Gasteiger partial charge in [-0.25, -0.2) is 0 Å². The number of unbranched alkanes of at least 4 members (excludes halogenated alkanes) is 23. The van der Waals surface area contributed by atoms with E-state index in [1.807, 2.05) is 0 Å². The molecule has 0 aliphatic carbocycles. The molecular formula is C36H76S. The summed E-state index contributed by atoms with van der Waals surface area (Å²) in [4.78, 5) is 0. The minimum atomic E-state index is 0.297. The SMILES string of the molecule is CCCCCCCCCCCCCCCCCC(CCCCCCCCCCCC)[SH](CCC)CCC. The van der Waals surface area contributed by atoms with E-state index >= 15 is 0 Å². The van der Waals surface area contributed by atoms with Gasteiger partial charge < -0.3 is 0 Å². The second-order valence-electron chi connectivity index (χ2n) is 12.4. The van der Waals surface area contributed by atoms with E-state index in [1.54, 1.807) is 24.3 Å². The third-order valence-electron chi connectivity index (χ3n) is 8.57. The van der Waals surface area contributed by atoms with Gasteiger partial charge in [0, 0.05) is 0 Å². The molecule has 0 aromatic heterocycles. The summed E-state index contributed by atoms with van der Waals surface area (Å²) in [6, 6.07) is 0. The summed E-state index contributed by atoms with van der Waals surface area (Å²) in [5.41, 5.74) is 0. The van der Waals surface area contributed by atoms with Crippen LogP contribution in [0.4, 0.5) is 0 Å². The molecule has 0 aliphatic heterocycles. The van der Waals surface area contributed by atoms with Gasteiger partial charge in [0.1, 0.15) is 0 Å². The zero-order valence-corrected chi connectivity index (χ0v) is 27.8. The molecule has 0 amide bonds. The molecule has 0 aliphatic rings. The molecule has 1 unspecified atom stereocenters. The van der Waals surface area contributed by atoms with E-state index < -0.39 is 0 Å². The highest BCUT2D eigenvalue weighted by molar-refractivity contribution is 8.17. The van der Waals surface area contributed by atoms with Gasteiger partial charge in [-0.1, -0.05) is 188 Å². The maximum Gasteiger partial charge on any atom is -0.0137 e. The van der Waals surface area contributed by atoms with E-state index in [2.05, 4.69) is 27.7 Å². The van der Waals surface area contributed by atoms with Gasteiger partial charge in [0.2, 0.25) is 0 Å². The molecule has 0 aromatic carbocycles. The van der Waals surface area contributed by atoms with Crippen LogP contribution in [0.15, 0.2) is 0 Å². The quantitative estimate of drug-likeness (QED) is 0.0636. The predicted molar refractivity (Wildman–Crippen MR) is 179 cm³/mol. The normalized spacial score (nSPS) is 12.8. The summed E-state index contributed by atoms with van der Waals surface area (Å²) in [5, 5.41) is 1.09. The smallest absolute Gasteiger partial charge is 0.0137 e.